The highest BCUT2D eigenvalue weighted by Crippen LogP contribution is 2.56. The lowest BCUT2D eigenvalue weighted by Crippen LogP contribution is -2.25. The average molecular weight is 733 g/mol. The minimum absolute atomic E-state index is 0.0144. The lowest BCUT2D eigenvalue weighted by atomic mass is 9.70. The first-order valence-electron chi connectivity index (χ1n) is 21.9. The van der Waals surface area contributed by atoms with Crippen molar-refractivity contribution in [2.45, 2.75) is 129 Å². The third-order valence-corrected chi connectivity index (χ3v) is 14.4. The molecule has 0 unspecified atom stereocenters. The molecule has 284 valence electrons. The maximum atomic E-state index is 2.61. The van der Waals surface area contributed by atoms with Crippen molar-refractivity contribution in [3.8, 4) is 55.6 Å². The first-order valence-corrected chi connectivity index (χ1v) is 21.9. The van der Waals surface area contributed by atoms with E-state index in [-0.39, 0.29) is 16.2 Å². The smallest absolute Gasteiger partial charge is 0.0215 e. The van der Waals surface area contributed by atoms with E-state index in [1.165, 1.54) is 148 Å². The van der Waals surface area contributed by atoms with Crippen LogP contribution in [0.3, 0.4) is 0 Å². The first-order chi connectivity index (χ1) is 27.1. The van der Waals surface area contributed by atoms with E-state index in [4.69, 9.17) is 0 Å². The second kappa shape index (κ2) is 14.1. The van der Waals surface area contributed by atoms with Crippen LogP contribution in [0.5, 0.6) is 0 Å². The molecule has 0 N–H and O–H groups in total. The number of unbranched alkanes of at least 4 members (excludes halogenated alkanes) is 6. The third-order valence-electron chi connectivity index (χ3n) is 14.4. The Morgan fingerprint density at radius 2 is 0.732 bits per heavy atom. The SMILES string of the molecule is CCCCCCC1(CCCCCC)c2ccccc2-c2ccc(-c3ccc4c(c3)C(C)(C)c3cc(-c5ccc6c(c5)C(C)(C)c5cc(C)ccc5-6)ccc3-4)cc21. The summed E-state index contributed by atoms with van der Waals surface area (Å²) in [6, 6.07) is 45.6. The monoisotopic (exact) mass is 732 g/mol. The molecule has 0 aromatic heterocycles. The van der Waals surface area contributed by atoms with E-state index >= 15 is 0 Å². The third kappa shape index (κ3) is 5.77. The van der Waals surface area contributed by atoms with Crippen molar-refractivity contribution < 1.29 is 0 Å². The molecule has 0 fully saturated rings. The second-order valence-electron chi connectivity index (χ2n) is 18.6. The molecule has 9 rings (SSSR count). The molecule has 3 aliphatic carbocycles. The summed E-state index contributed by atoms with van der Waals surface area (Å²) in [6.45, 7) is 16.5. The van der Waals surface area contributed by atoms with Gasteiger partial charge in [-0.25, -0.2) is 0 Å². The topological polar surface area (TPSA) is 0 Å². The van der Waals surface area contributed by atoms with Crippen LogP contribution in [0.15, 0.2) is 115 Å². The van der Waals surface area contributed by atoms with Crippen LogP contribution in [0.2, 0.25) is 0 Å². The predicted octanol–water partition coefficient (Wildman–Crippen LogP) is 16.1. The molecule has 0 heteroatoms. The van der Waals surface area contributed by atoms with Gasteiger partial charge in [0.25, 0.3) is 0 Å². The second-order valence-corrected chi connectivity index (χ2v) is 18.6. The zero-order valence-corrected chi connectivity index (χ0v) is 35.0. The molecule has 0 radical (unpaired) electrons. The van der Waals surface area contributed by atoms with E-state index in [0.29, 0.717) is 0 Å². The van der Waals surface area contributed by atoms with E-state index in [1.807, 2.05) is 0 Å². The van der Waals surface area contributed by atoms with Crippen molar-refractivity contribution in [1.29, 1.82) is 0 Å². The molecule has 0 bridgehead atoms. The molecule has 56 heavy (non-hydrogen) atoms. The average Bonchev–Trinajstić information content (AvgIpc) is 3.71. The molecule has 6 aromatic rings. The lowest BCUT2D eigenvalue weighted by Gasteiger charge is -2.33. The van der Waals surface area contributed by atoms with Crippen LogP contribution in [-0.2, 0) is 16.2 Å². The highest BCUT2D eigenvalue weighted by molar-refractivity contribution is 5.89. The zero-order chi connectivity index (χ0) is 38.8. The van der Waals surface area contributed by atoms with E-state index in [2.05, 4.69) is 164 Å². The van der Waals surface area contributed by atoms with Gasteiger partial charge in [0.15, 0.2) is 0 Å². The molecule has 0 atom stereocenters. The van der Waals surface area contributed by atoms with Gasteiger partial charge < -0.3 is 0 Å². The van der Waals surface area contributed by atoms with Gasteiger partial charge in [-0.05, 0) is 133 Å². The van der Waals surface area contributed by atoms with Crippen molar-refractivity contribution in [3.05, 3.63) is 154 Å². The van der Waals surface area contributed by atoms with Crippen molar-refractivity contribution in [2.75, 3.05) is 0 Å². The fourth-order valence-corrected chi connectivity index (χ4v) is 11.1. The Balaban J connectivity index is 1.07. The van der Waals surface area contributed by atoms with Gasteiger partial charge in [-0.15, -0.1) is 0 Å². The molecule has 0 aliphatic heterocycles. The molecular formula is C56H60. The Morgan fingerprint density at radius 1 is 0.357 bits per heavy atom. The van der Waals surface area contributed by atoms with E-state index in [9.17, 15) is 0 Å². The molecule has 0 saturated carbocycles. The summed E-state index contributed by atoms with van der Waals surface area (Å²) in [4.78, 5) is 0. The van der Waals surface area contributed by atoms with Gasteiger partial charge in [-0.3, -0.25) is 0 Å². The maximum absolute atomic E-state index is 2.61. The highest BCUT2D eigenvalue weighted by Gasteiger charge is 2.43. The standard InChI is InChI=1S/C56H60/c1-8-10-12-16-30-56(31-17-13-11-9-2)48-19-15-14-18-42(48)47-29-24-41(36-53(47)56)40-23-28-46-45-27-22-39(34-51(45)55(6,7)52(46)35-40)38-21-26-44-43-25-20-37(3)32-49(43)54(4,5)50(44)33-38/h14-15,18-29,32-36H,8-13,16-17,30-31H2,1-7H3. The summed E-state index contributed by atoms with van der Waals surface area (Å²) in [7, 11) is 0. The summed E-state index contributed by atoms with van der Waals surface area (Å²) in [6.07, 6.45) is 12.9. The zero-order valence-electron chi connectivity index (χ0n) is 35.0. The molecule has 0 saturated heterocycles. The first kappa shape index (κ1) is 36.9. The number of benzene rings is 6. The summed E-state index contributed by atoms with van der Waals surface area (Å²) < 4.78 is 0. The van der Waals surface area contributed by atoms with Gasteiger partial charge in [0.05, 0.1) is 0 Å². The van der Waals surface area contributed by atoms with Gasteiger partial charge in [-0.2, -0.15) is 0 Å². The molecule has 0 nitrogen and oxygen atoms in total. The fourth-order valence-electron chi connectivity index (χ4n) is 11.1. The highest BCUT2D eigenvalue weighted by atomic mass is 14.5. The Bertz CT molecular complexity index is 2450. The molecular weight excluding hydrogens is 673 g/mol. The van der Waals surface area contributed by atoms with Crippen molar-refractivity contribution in [3.63, 3.8) is 0 Å². The van der Waals surface area contributed by atoms with E-state index in [0.717, 1.165) is 0 Å². The van der Waals surface area contributed by atoms with Gasteiger partial charge in [0, 0.05) is 16.2 Å². The molecule has 0 heterocycles. The quantitative estimate of drug-likeness (QED) is 0.110. The van der Waals surface area contributed by atoms with Crippen LogP contribution in [0.4, 0.5) is 0 Å². The van der Waals surface area contributed by atoms with Crippen LogP contribution in [0.25, 0.3) is 55.6 Å². The summed E-state index contributed by atoms with van der Waals surface area (Å²) >= 11 is 0. The number of fused-ring (bicyclic) bond motifs is 9. The minimum atomic E-state index is -0.101. The predicted molar refractivity (Wildman–Crippen MR) is 241 cm³/mol. The van der Waals surface area contributed by atoms with E-state index in [1.54, 1.807) is 11.1 Å². The van der Waals surface area contributed by atoms with Crippen molar-refractivity contribution in [1.82, 2.24) is 0 Å². The van der Waals surface area contributed by atoms with E-state index < -0.39 is 0 Å². The minimum Gasteiger partial charge on any atom is -0.0654 e. The number of rotatable bonds is 12. The Morgan fingerprint density at radius 3 is 1.20 bits per heavy atom. The normalized spacial score (nSPS) is 15.8. The molecule has 0 amide bonds. The van der Waals surface area contributed by atoms with Crippen LogP contribution in [0, 0.1) is 6.92 Å². The van der Waals surface area contributed by atoms with Crippen LogP contribution in [-0.4, -0.2) is 0 Å². The Labute approximate surface area is 337 Å². The van der Waals surface area contributed by atoms with Gasteiger partial charge in [-0.1, -0.05) is 189 Å². The Kier molecular flexibility index (Phi) is 9.27. The Hall–Kier alpha value is -4.68. The van der Waals surface area contributed by atoms with Crippen molar-refractivity contribution in [2.24, 2.45) is 0 Å². The summed E-state index contributed by atoms with van der Waals surface area (Å²) in [5, 5.41) is 0. The van der Waals surface area contributed by atoms with Crippen molar-refractivity contribution >= 4 is 0 Å². The van der Waals surface area contributed by atoms with Crippen LogP contribution < -0.4 is 0 Å². The number of hydrogen-bond acceptors (Lipinski definition) is 0. The summed E-state index contributed by atoms with van der Waals surface area (Å²) in [5.74, 6) is 0. The number of hydrogen-bond donors (Lipinski definition) is 0. The largest absolute Gasteiger partial charge is 0.0654 e. The van der Waals surface area contributed by atoms with Gasteiger partial charge in [0.1, 0.15) is 0 Å². The summed E-state index contributed by atoms with van der Waals surface area (Å²) in [5.41, 5.74) is 24.0. The molecule has 0 spiro atoms. The van der Waals surface area contributed by atoms with Crippen LogP contribution >= 0.6 is 0 Å². The van der Waals surface area contributed by atoms with Crippen LogP contribution in [0.1, 0.15) is 145 Å². The maximum Gasteiger partial charge on any atom is 0.0215 e. The molecule has 6 aromatic carbocycles. The fraction of sp³-hybridized carbons (Fsp3) is 0.357. The van der Waals surface area contributed by atoms with Gasteiger partial charge >= 0.3 is 0 Å². The molecule has 3 aliphatic rings. The van der Waals surface area contributed by atoms with Gasteiger partial charge in [0.2, 0.25) is 0 Å². The number of aryl methyl sites for hydroxylation is 1. The lowest BCUT2D eigenvalue weighted by molar-refractivity contribution is 0.401.